The van der Waals surface area contributed by atoms with Gasteiger partial charge in [0.2, 0.25) is 11.8 Å². The van der Waals surface area contributed by atoms with Crippen LogP contribution in [0.4, 0.5) is 15.8 Å². The Balaban J connectivity index is 1.90. The summed E-state index contributed by atoms with van der Waals surface area (Å²) in [4.78, 5) is 29.3. The highest BCUT2D eigenvalue weighted by atomic mass is 19.1. The molecule has 0 aliphatic heterocycles. The molecule has 0 heterocycles. The molecule has 31 heavy (non-hydrogen) atoms. The second-order valence-electron chi connectivity index (χ2n) is 9.54. The van der Waals surface area contributed by atoms with E-state index in [1.54, 1.807) is 17.0 Å². The summed E-state index contributed by atoms with van der Waals surface area (Å²) in [6.45, 7) is 6.44. The SMILES string of the molecule is CN(C)c1ccc(NC(=O)C2CC2)cc1CN(Cc1ccc(F)cc1)C(=O)C(C)(C)C. The molecule has 0 unspecified atom stereocenters. The number of benzene rings is 2. The molecule has 0 spiro atoms. The highest BCUT2D eigenvalue weighted by Gasteiger charge is 2.30. The van der Waals surface area contributed by atoms with Gasteiger partial charge in [-0.1, -0.05) is 32.9 Å². The number of rotatable bonds is 7. The molecule has 166 valence electrons. The fraction of sp³-hybridized carbons (Fsp3) is 0.440. The lowest BCUT2D eigenvalue weighted by Gasteiger charge is -2.31. The highest BCUT2D eigenvalue weighted by Crippen LogP contribution is 2.32. The molecule has 3 rings (SSSR count). The molecule has 1 aliphatic carbocycles. The van der Waals surface area contributed by atoms with Crippen LogP contribution in [0.1, 0.15) is 44.7 Å². The third-order valence-corrected chi connectivity index (χ3v) is 5.35. The molecule has 2 aromatic carbocycles. The zero-order chi connectivity index (χ0) is 22.8. The maximum absolute atomic E-state index is 13.3. The van der Waals surface area contributed by atoms with Gasteiger partial charge < -0.3 is 15.1 Å². The predicted molar refractivity (Wildman–Crippen MR) is 122 cm³/mol. The lowest BCUT2D eigenvalue weighted by Crippen LogP contribution is -2.39. The van der Waals surface area contributed by atoms with Crippen LogP contribution in [0.3, 0.4) is 0 Å². The van der Waals surface area contributed by atoms with Crippen molar-refractivity contribution in [3.8, 4) is 0 Å². The largest absolute Gasteiger partial charge is 0.377 e. The number of anilines is 2. The summed E-state index contributed by atoms with van der Waals surface area (Å²) in [6.07, 6.45) is 1.89. The summed E-state index contributed by atoms with van der Waals surface area (Å²) in [6, 6.07) is 12.0. The summed E-state index contributed by atoms with van der Waals surface area (Å²) < 4.78 is 13.3. The Morgan fingerprint density at radius 1 is 1.03 bits per heavy atom. The third kappa shape index (κ3) is 6.06. The van der Waals surface area contributed by atoms with Crippen LogP contribution in [0.2, 0.25) is 0 Å². The van der Waals surface area contributed by atoms with E-state index in [1.807, 2.05) is 58.0 Å². The maximum atomic E-state index is 13.3. The molecule has 0 atom stereocenters. The van der Waals surface area contributed by atoms with Gasteiger partial charge in [-0.05, 0) is 54.3 Å². The number of halogens is 1. The quantitative estimate of drug-likeness (QED) is 0.692. The van der Waals surface area contributed by atoms with Crippen molar-refractivity contribution in [1.82, 2.24) is 4.90 Å². The first kappa shape index (κ1) is 22.8. The summed E-state index contributed by atoms with van der Waals surface area (Å²) in [7, 11) is 3.91. The van der Waals surface area contributed by atoms with E-state index in [-0.39, 0.29) is 23.5 Å². The second-order valence-corrected chi connectivity index (χ2v) is 9.54. The van der Waals surface area contributed by atoms with Crippen LogP contribution in [0.25, 0.3) is 0 Å². The molecule has 6 heteroatoms. The predicted octanol–water partition coefficient (Wildman–Crippen LogP) is 4.82. The Labute approximate surface area is 184 Å². The van der Waals surface area contributed by atoms with Crippen molar-refractivity contribution in [2.45, 2.75) is 46.7 Å². The normalized spacial score (nSPS) is 13.6. The molecule has 1 N–H and O–H groups in total. The van der Waals surface area contributed by atoms with Crippen molar-refractivity contribution in [1.29, 1.82) is 0 Å². The van der Waals surface area contributed by atoms with Gasteiger partial charge in [0.1, 0.15) is 5.82 Å². The van der Waals surface area contributed by atoms with Crippen molar-refractivity contribution in [2.24, 2.45) is 11.3 Å². The molecule has 1 aliphatic rings. The summed E-state index contributed by atoms with van der Waals surface area (Å²) in [5.41, 5.74) is 2.97. The van der Waals surface area contributed by atoms with Crippen molar-refractivity contribution in [3.63, 3.8) is 0 Å². The van der Waals surface area contributed by atoms with E-state index in [1.165, 1.54) is 12.1 Å². The van der Waals surface area contributed by atoms with Gasteiger partial charge in [-0.25, -0.2) is 4.39 Å². The average molecular weight is 426 g/mol. The minimum atomic E-state index is -0.559. The number of amides is 2. The summed E-state index contributed by atoms with van der Waals surface area (Å²) >= 11 is 0. The topological polar surface area (TPSA) is 52.7 Å². The summed E-state index contributed by atoms with van der Waals surface area (Å²) in [5, 5.41) is 3.00. The number of nitrogens with zero attached hydrogens (tertiary/aromatic N) is 2. The van der Waals surface area contributed by atoms with E-state index in [4.69, 9.17) is 0 Å². The molecule has 0 bridgehead atoms. The van der Waals surface area contributed by atoms with Crippen LogP contribution in [0.5, 0.6) is 0 Å². The van der Waals surface area contributed by atoms with Crippen LogP contribution in [0, 0.1) is 17.2 Å². The van der Waals surface area contributed by atoms with E-state index in [2.05, 4.69) is 5.32 Å². The Bertz CT molecular complexity index is 944. The Kier molecular flexibility index (Phi) is 6.68. The van der Waals surface area contributed by atoms with Gasteiger partial charge in [0, 0.05) is 49.9 Å². The monoisotopic (exact) mass is 425 g/mol. The van der Waals surface area contributed by atoms with Gasteiger partial charge in [-0.2, -0.15) is 0 Å². The lowest BCUT2D eigenvalue weighted by molar-refractivity contribution is -0.140. The van der Waals surface area contributed by atoms with E-state index >= 15 is 0 Å². The van der Waals surface area contributed by atoms with Crippen LogP contribution >= 0.6 is 0 Å². The lowest BCUT2D eigenvalue weighted by atomic mass is 9.94. The molecule has 0 radical (unpaired) electrons. The molecular weight excluding hydrogens is 393 g/mol. The molecule has 0 saturated heterocycles. The van der Waals surface area contributed by atoms with E-state index in [0.29, 0.717) is 13.1 Å². The minimum absolute atomic E-state index is 0.00829. The number of hydrogen-bond acceptors (Lipinski definition) is 3. The molecule has 5 nitrogen and oxygen atoms in total. The van der Waals surface area contributed by atoms with E-state index in [0.717, 1.165) is 35.3 Å². The van der Waals surface area contributed by atoms with Gasteiger partial charge in [0.25, 0.3) is 0 Å². The van der Waals surface area contributed by atoms with Crippen LogP contribution in [0.15, 0.2) is 42.5 Å². The molecule has 1 saturated carbocycles. The Hall–Kier alpha value is -2.89. The van der Waals surface area contributed by atoms with E-state index < -0.39 is 5.41 Å². The van der Waals surface area contributed by atoms with Crippen molar-refractivity contribution in [3.05, 3.63) is 59.4 Å². The Morgan fingerprint density at radius 2 is 1.68 bits per heavy atom. The summed E-state index contributed by atoms with van der Waals surface area (Å²) in [5.74, 6) is -0.118. The second kappa shape index (κ2) is 9.08. The van der Waals surface area contributed by atoms with Gasteiger partial charge in [-0.15, -0.1) is 0 Å². The minimum Gasteiger partial charge on any atom is -0.377 e. The van der Waals surface area contributed by atoms with Crippen molar-refractivity contribution >= 4 is 23.2 Å². The number of nitrogens with one attached hydrogen (secondary N) is 1. The third-order valence-electron chi connectivity index (χ3n) is 5.35. The first-order chi connectivity index (χ1) is 14.5. The standard InChI is InChI=1S/C25H32FN3O2/c1-25(2,3)24(31)29(15-17-6-10-20(26)11-7-17)16-19-14-21(12-13-22(19)28(4)5)27-23(30)18-8-9-18/h6-7,10-14,18H,8-9,15-16H2,1-5H3,(H,27,30). The van der Waals surface area contributed by atoms with Crippen LogP contribution in [-0.4, -0.2) is 30.8 Å². The molecule has 2 aromatic rings. The fourth-order valence-electron chi connectivity index (χ4n) is 3.51. The van der Waals surface area contributed by atoms with Crippen LogP contribution in [-0.2, 0) is 22.7 Å². The van der Waals surface area contributed by atoms with E-state index in [9.17, 15) is 14.0 Å². The smallest absolute Gasteiger partial charge is 0.228 e. The zero-order valence-electron chi connectivity index (χ0n) is 19.0. The number of carbonyl (C=O) groups is 2. The van der Waals surface area contributed by atoms with Gasteiger partial charge in [-0.3, -0.25) is 9.59 Å². The first-order valence-electron chi connectivity index (χ1n) is 10.7. The van der Waals surface area contributed by atoms with Crippen LogP contribution < -0.4 is 10.2 Å². The molecule has 1 fully saturated rings. The fourth-order valence-corrected chi connectivity index (χ4v) is 3.51. The first-order valence-corrected chi connectivity index (χ1v) is 10.7. The zero-order valence-corrected chi connectivity index (χ0v) is 19.0. The van der Waals surface area contributed by atoms with Gasteiger partial charge in [0.05, 0.1) is 0 Å². The average Bonchev–Trinajstić information content (AvgIpc) is 3.53. The molecular formula is C25H32FN3O2. The highest BCUT2D eigenvalue weighted by molar-refractivity contribution is 5.94. The number of hydrogen-bond donors (Lipinski definition) is 1. The van der Waals surface area contributed by atoms with Gasteiger partial charge in [0.15, 0.2) is 0 Å². The van der Waals surface area contributed by atoms with Crippen molar-refractivity contribution < 1.29 is 14.0 Å². The number of carbonyl (C=O) groups excluding carboxylic acids is 2. The van der Waals surface area contributed by atoms with Gasteiger partial charge >= 0.3 is 0 Å². The molecule has 2 amide bonds. The molecule has 0 aromatic heterocycles. The Morgan fingerprint density at radius 3 is 2.23 bits per heavy atom. The van der Waals surface area contributed by atoms with Crippen molar-refractivity contribution in [2.75, 3.05) is 24.3 Å². The maximum Gasteiger partial charge on any atom is 0.228 e.